The summed E-state index contributed by atoms with van der Waals surface area (Å²) in [6, 6.07) is 16.0. The lowest BCUT2D eigenvalue weighted by molar-refractivity contribution is -0.159. The molecule has 0 heterocycles. The van der Waals surface area contributed by atoms with Gasteiger partial charge in [-0.25, -0.2) is 4.79 Å². The molecule has 1 aliphatic carbocycles. The average molecular weight is 423 g/mol. The molecule has 3 rings (SSSR count). The van der Waals surface area contributed by atoms with Gasteiger partial charge in [0.05, 0.1) is 5.92 Å². The molecule has 0 fully saturated rings. The summed E-state index contributed by atoms with van der Waals surface area (Å²) in [5.74, 6) is -4.49. The molecule has 1 aliphatic rings. The van der Waals surface area contributed by atoms with E-state index < -0.39 is 29.6 Å². The maximum Gasteiger partial charge on any atom is 0.374 e. The van der Waals surface area contributed by atoms with E-state index in [0.29, 0.717) is 19.3 Å². The normalized spacial score (nSPS) is 14.6. The molecule has 1 N–H and O–H groups in total. The Morgan fingerprint density at radius 2 is 1.48 bits per heavy atom. The van der Waals surface area contributed by atoms with Crippen LogP contribution in [0.4, 0.5) is 0 Å². The van der Waals surface area contributed by atoms with Gasteiger partial charge in [-0.05, 0) is 41.0 Å². The van der Waals surface area contributed by atoms with E-state index in [1.807, 2.05) is 69.3 Å². The van der Waals surface area contributed by atoms with Crippen LogP contribution in [0.1, 0.15) is 57.1 Å². The van der Waals surface area contributed by atoms with Crippen LogP contribution in [-0.4, -0.2) is 29.4 Å². The molecule has 5 heteroatoms. The van der Waals surface area contributed by atoms with Gasteiger partial charge in [0.2, 0.25) is 5.78 Å². The fourth-order valence-corrected chi connectivity index (χ4v) is 4.59. The van der Waals surface area contributed by atoms with Crippen LogP contribution in [0.3, 0.4) is 0 Å². The number of aliphatic carboxylic acids is 1. The first-order valence-electron chi connectivity index (χ1n) is 11.0. The predicted molar refractivity (Wildman–Crippen MR) is 119 cm³/mol. The average Bonchev–Trinajstić information content (AvgIpc) is 3.07. The second-order valence-electron chi connectivity index (χ2n) is 8.66. The highest BCUT2D eigenvalue weighted by Crippen LogP contribution is 2.44. The van der Waals surface area contributed by atoms with E-state index in [9.17, 15) is 19.5 Å². The number of rotatable bonds is 10. The van der Waals surface area contributed by atoms with Gasteiger partial charge in [-0.2, -0.15) is 0 Å². The number of fused-ring (bicyclic) bond motifs is 3. The SMILES string of the molecule is CCC[C@H](C(=O)O)[C@@H](CC(C)C)C(=O)C(=O)OCC1c2ccccc2-c2ccccc21. The van der Waals surface area contributed by atoms with Crippen LogP contribution in [0, 0.1) is 17.8 Å². The Morgan fingerprint density at radius 1 is 0.935 bits per heavy atom. The molecule has 5 nitrogen and oxygen atoms in total. The summed E-state index contributed by atoms with van der Waals surface area (Å²) >= 11 is 0. The Kier molecular flexibility index (Phi) is 7.26. The van der Waals surface area contributed by atoms with E-state index in [2.05, 4.69) is 0 Å². The number of carbonyl (C=O) groups is 3. The molecular weight excluding hydrogens is 392 g/mol. The number of carboxylic acids is 1. The van der Waals surface area contributed by atoms with Crippen molar-refractivity contribution in [1.82, 2.24) is 0 Å². The minimum Gasteiger partial charge on any atom is -0.481 e. The van der Waals surface area contributed by atoms with Crippen molar-refractivity contribution >= 4 is 17.7 Å². The molecule has 0 radical (unpaired) electrons. The zero-order chi connectivity index (χ0) is 22.5. The molecular formula is C26H30O5. The molecule has 164 valence electrons. The van der Waals surface area contributed by atoms with E-state index in [-0.39, 0.29) is 18.4 Å². The van der Waals surface area contributed by atoms with Crippen molar-refractivity contribution in [1.29, 1.82) is 0 Å². The molecule has 0 bridgehead atoms. The summed E-state index contributed by atoms with van der Waals surface area (Å²) < 4.78 is 5.49. The van der Waals surface area contributed by atoms with Crippen molar-refractivity contribution in [2.45, 2.75) is 46.0 Å². The molecule has 2 aromatic carbocycles. The van der Waals surface area contributed by atoms with Gasteiger partial charge in [-0.15, -0.1) is 0 Å². The van der Waals surface area contributed by atoms with Gasteiger partial charge in [0, 0.05) is 11.8 Å². The van der Waals surface area contributed by atoms with Gasteiger partial charge < -0.3 is 9.84 Å². The summed E-state index contributed by atoms with van der Waals surface area (Å²) in [6.07, 6.45) is 1.33. The van der Waals surface area contributed by atoms with Crippen LogP contribution in [0.2, 0.25) is 0 Å². The number of esters is 1. The second kappa shape index (κ2) is 9.90. The van der Waals surface area contributed by atoms with Crippen LogP contribution in [0.15, 0.2) is 48.5 Å². The van der Waals surface area contributed by atoms with Crippen molar-refractivity contribution in [3.63, 3.8) is 0 Å². The highest BCUT2D eigenvalue weighted by molar-refractivity contribution is 6.34. The highest BCUT2D eigenvalue weighted by Gasteiger charge is 2.38. The standard InChI is InChI=1S/C26H30O5/c1-4-9-21(25(28)29)22(14-16(2)3)24(27)26(30)31-15-23-19-12-7-5-10-17(19)18-11-6-8-13-20(18)23/h5-8,10-13,16,21-23H,4,9,14-15H2,1-3H3,(H,28,29)/t21-,22+/m0/s1. The van der Waals surface area contributed by atoms with E-state index in [0.717, 1.165) is 22.3 Å². The Morgan fingerprint density at radius 3 is 1.97 bits per heavy atom. The molecule has 0 aromatic heterocycles. The number of hydrogen-bond donors (Lipinski definition) is 1. The first-order chi connectivity index (χ1) is 14.8. The zero-order valence-electron chi connectivity index (χ0n) is 18.3. The third kappa shape index (κ3) is 4.87. The van der Waals surface area contributed by atoms with Crippen molar-refractivity contribution in [2.24, 2.45) is 17.8 Å². The quantitative estimate of drug-likeness (QED) is 0.427. The number of carboxylic acid groups (broad SMARTS) is 1. The van der Waals surface area contributed by atoms with Crippen molar-refractivity contribution in [2.75, 3.05) is 6.61 Å². The summed E-state index contributed by atoms with van der Waals surface area (Å²) in [7, 11) is 0. The minimum atomic E-state index is -1.03. The minimum absolute atomic E-state index is 0.0541. The predicted octanol–water partition coefficient (Wildman–Crippen LogP) is 5.07. The van der Waals surface area contributed by atoms with Gasteiger partial charge in [0.25, 0.3) is 0 Å². The molecule has 0 aliphatic heterocycles. The molecule has 0 amide bonds. The molecule has 0 spiro atoms. The first kappa shape index (κ1) is 22.7. The lowest BCUT2D eigenvalue weighted by Crippen LogP contribution is -2.36. The van der Waals surface area contributed by atoms with Crippen molar-refractivity contribution < 1.29 is 24.2 Å². The topological polar surface area (TPSA) is 80.7 Å². The van der Waals surface area contributed by atoms with Gasteiger partial charge >= 0.3 is 11.9 Å². The van der Waals surface area contributed by atoms with Crippen molar-refractivity contribution in [3.8, 4) is 11.1 Å². The van der Waals surface area contributed by atoms with E-state index >= 15 is 0 Å². The number of ether oxygens (including phenoxy) is 1. The Hall–Kier alpha value is -2.95. The molecule has 2 atom stereocenters. The van der Waals surface area contributed by atoms with Crippen molar-refractivity contribution in [3.05, 3.63) is 59.7 Å². The Balaban J connectivity index is 1.77. The molecule has 0 saturated carbocycles. The van der Waals surface area contributed by atoms with E-state index in [1.54, 1.807) is 0 Å². The summed E-state index contributed by atoms with van der Waals surface area (Å²) in [4.78, 5) is 37.4. The highest BCUT2D eigenvalue weighted by atomic mass is 16.5. The van der Waals surface area contributed by atoms with Gasteiger partial charge in [0.15, 0.2) is 0 Å². The van der Waals surface area contributed by atoms with E-state index in [4.69, 9.17) is 4.74 Å². The monoisotopic (exact) mass is 422 g/mol. The Labute approximate surface area is 183 Å². The third-order valence-electron chi connectivity index (χ3n) is 6.01. The smallest absolute Gasteiger partial charge is 0.374 e. The number of hydrogen-bond acceptors (Lipinski definition) is 4. The summed E-state index contributed by atoms with van der Waals surface area (Å²) in [5.41, 5.74) is 4.35. The van der Waals surface area contributed by atoms with Gasteiger partial charge in [0.1, 0.15) is 6.61 Å². The number of benzene rings is 2. The number of carbonyl (C=O) groups excluding carboxylic acids is 2. The first-order valence-corrected chi connectivity index (χ1v) is 11.0. The number of ketones is 1. The van der Waals surface area contributed by atoms with Crippen LogP contribution >= 0.6 is 0 Å². The van der Waals surface area contributed by atoms with Gasteiger partial charge in [-0.3, -0.25) is 9.59 Å². The molecule has 0 unspecified atom stereocenters. The fourth-order valence-electron chi connectivity index (χ4n) is 4.59. The Bertz CT molecular complexity index is 916. The number of Topliss-reactive ketones (excluding diaryl/α,β-unsaturated/α-hetero) is 1. The lowest BCUT2D eigenvalue weighted by atomic mass is 9.80. The lowest BCUT2D eigenvalue weighted by Gasteiger charge is -2.23. The largest absolute Gasteiger partial charge is 0.481 e. The van der Waals surface area contributed by atoms with Crippen LogP contribution in [0.5, 0.6) is 0 Å². The van der Waals surface area contributed by atoms with Crippen LogP contribution < -0.4 is 0 Å². The molecule has 31 heavy (non-hydrogen) atoms. The van der Waals surface area contributed by atoms with Crippen LogP contribution in [0.25, 0.3) is 11.1 Å². The molecule has 0 saturated heterocycles. The fraction of sp³-hybridized carbons (Fsp3) is 0.423. The summed E-state index contributed by atoms with van der Waals surface area (Å²) in [6.45, 7) is 5.77. The van der Waals surface area contributed by atoms with Crippen LogP contribution in [-0.2, 0) is 19.1 Å². The second-order valence-corrected chi connectivity index (χ2v) is 8.66. The molecule has 2 aromatic rings. The van der Waals surface area contributed by atoms with E-state index in [1.165, 1.54) is 0 Å². The zero-order valence-corrected chi connectivity index (χ0v) is 18.3. The third-order valence-corrected chi connectivity index (χ3v) is 6.01. The maximum absolute atomic E-state index is 13.0. The van der Waals surface area contributed by atoms with Gasteiger partial charge in [-0.1, -0.05) is 75.7 Å². The summed E-state index contributed by atoms with van der Waals surface area (Å²) in [5, 5.41) is 9.63. The maximum atomic E-state index is 13.0.